The van der Waals surface area contributed by atoms with Crippen molar-refractivity contribution in [2.24, 2.45) is 17.3 Å². The van der Waals surface area contributed by atoms with Crippen molar-refractivity contribution in [3.05, 3.63) is 24.3 Å². The zero-order valence-electron chi connectivity index (χ0n) is 21.9. The molecule has 0 aromatic carbocycles. The van der Waals surface area contributed by atoms with Crippen molar-refractivity contribution >= 4 is 21.9 Å². The number of amides is 1. The molecule has 8 nitrogen and oxygen atoms in total. The van der Waals surface area contributed by atoms with Crippen LogP contribution in [0.3, 0.4) is 0 Å². The summed E-state index contributed by atoms with van der Waals surface area (Å²) < 4.78 is 29.9. The first-order valence-corrected chi connectivity index (χ1v) is 14.5. The van der Waals surface area contributed by atoms with E-state index in [0.29, 0.717) is 32.1 Å². The van der Waals surface area contributed by atoms with Gasteiger partial charge in [0.2, 0.25) is 15.9 Å². The number of rotatable bonds is 14. The number of esters is 1. The molecule has 9 heteroatoms. The van der Waals surface area contributed by atoms with Gasteiger partial charge in [-0.15, -0.1) is 0 Å². The summed E-state index contributed by atoms with van der Waals surface area (Å²) >= 11 is 0. The Morgan fingerprint density at radius 2 is 1.86 bits per heavy atom. The maximum absolute atomic E-state index is 12.5. The average molecular weight is 516 g/mol. The first-order valence-electron chi connectivity index (χ1n) is 12.7. The van der Waals surface area contributed by atoms with E-state index in [4.69, 9.17) is 4.74 Å². The van der Waals surface area contributed by atoms with Crippen LogP contribution >= 0.6 is 0 Å². The van der Waals surface area contributed by atoms with Gasteiger partial charge in [-0.1, -0.05) is 50.5 Å². The predicted octanol–water partition coefficient (Wildman–Crippen LogP) is 3.63. The van der Waals surface area contributed by atoms with Crippen LogP contribution in [0.2, 0.25) is 0 Å². The molecule has 1 amide bonds. The maximum atomic E-state index is 12.5. The Kier molecular flexibility index (Phi) is 13.2. The van der Waals surface area contributed by atoms with Crippen molar-refractivity contribution in [1.29, 1.82) is 0 Å². The number of sulfonamides is 1. The molecule has 0 aromatic rings. The van der Waals surface area contributed by atoms with E-state index in [9.17, 15) is 28.2 Å². The van der Waals surface area contributed by atoms with Gasteiger partial charge in [0.1, 0.15) is 6.10 Å². The van der Waals surface area contributed by atoms with Gasteiger partial charge in [-0.05, 0) is 52.4 Å². The van der Waals surface area contributed by atoms with Crippen LogP contribution in [0.15, 0.2) is 24.3 Å². The minimum atomic E-state index is -3.54. The molecule has 202 valence electrons. The first-order chi connectivity index (χ1) is 16.2. The van der Waals surface area contributed by atoms with Gasteiger partial charge in [0, 0.05) is 18.8 Å². The smallest absolute Gasteiger partial charge is 0.311 e. The Balaban J connectivity index is 2.76. The van der Waals surface area contributed by atoms with Crippen molar-refractivity contribution < 1.29 is 33.0 Å². The molecule has 1 fully saturated rings. The molecule has 0 bridgehead atoms. The maximum Gasteiger partial charge on any atom is 0.311 e. The van der Waals surface area contributed by atoms with Crippen molar-refractivity contribution in [2.45, 2.75) is 104 Å². The van der Waals surface area contributed by atoms with Gasteiger partial charge in [-0.25, -0.2) is 8.42 Å². The summed E-state index contributed by atoms with van der Waals surface area (Å²) in [7, 11) is -3.54. The van der Waals surface area contributed by atoms with Crippen LogP contribution in [0.4, 0.5) is 0 Å². The van der Waals surface area contributed by atoms with Gasteiger partial charge in [0.25, 0.3) is 0 Å². The Morgan fingerprint density at radius 3 is 2.46 bits per heavy atom. The fraction of sp³-hybridized carbons (Fsp3) is 0.769. The summed E-state index contributed by atoms with van der Waals surface area (Å²) in [6, 6.07) is 0. The second-order valence-electron chi connectivity index (χ2n) is 10.6. The summed E-state index contributed by atoms with van der Waals surface area (Å²) in [5.41, 5.74) is -0.653. The van der Waals surface area contributed by atoms with E-state index in [1.807, 2.05) is 23.0 Å². The predicted molar refractivity (Wildman–Crippen MR) is 137 cm³/mol. The molecule has 0 spiro atoms. The van der Waals surface area contributed by atoms with Gasteiger partial charge in [-0.2, -0.15) is 0 Å². The topological polar surface area (TPSA) is 130 Å². The van der Waals surface area contributed by atoms with Gasteiger partial charge >= 0.3 is 5.97 Å². The van der Waals surface area contributed by atoms with Crippen LogP contribution in [0, 0.1) is 17.3 Å². The number of allylic oxidation sites excluding steroid dienone is 2. The monoisotopic (exact) mass is 515 g/mol. The normalized spacial score (nSPS) is 24.2. The summed E-state index contributed by atoms with van der Waals surface area (Å²) in [6.07, 6.45) is 12.6. The van der Waals surface area contributed by atoms with Crippen molar-refractivity contribution in [2.75, 3.05) is 6.26 Å². The quantitative estimate of drug-likeness (QED) is 0.183. The van der Waals surface area contributed by atoms with E-state index in [1.165, 1.54) is 0 Å². The Hall–Kier alpha value is -1.71. The van der Waals surface area contributed by atoms with Crippen LogP contribution in [-0.4, -0.2) is 55.1 Å². The Labute approximate surface area is 211 Å². The zero-order valence-corrected chi connectivity index (χ0v) is 22.7. The number of nitrogens with one attached hydrogen (secondary N) is 1. The molecule has 35 heavy (non-hydrogen) atoms. The van der Waals surface area contributed by atoms with E-state index in [2.05, 4.69) is 6.92 Å². The second kappa shape index (κ2) is 14.8. The van der Waals surface area contributed by atoms with E-state index in [1.54, 1.807) is 26.8 Å². The van der Waals surface area contributed by atoms with E-state index >= 15 is 0 Å². The number of aliphatic hydroxyl groups is 2. The van der Waals surface area contributed by atoms with Crippen LogP contribution < -0.4 is 4.72 Å². The van der Waals surface area contributed by atoms with Gasteiger partial charge in [0.15, 0.2) is 0 Å². The zero-order chi connectivity index (χ0) is 26.6. The number of hydrogen-bond donors (Lipinski definition) is 3. The summed E-state index contributed by atoms with van der Waals surface area (Å²) in [5.74, 6) is -1.24. The Morgan fingerprint density at radius 1 is 1.17 bits per heavy atom. The van der Waals surface area contributed by atoms with Crippen molar-refractivity contribution in [1.82, 2.24) is 4.72 Å². The molecule has 1 aliphatic carbocycles. The van der Waals surface area contributed by atoms with Crippen LogP contribution in [0.25, 0.3) is 0 Å². The van der Waals surface area contributed by atoms with Gasteiger partial charge < -0.3 is 14.9 Å². The fourth-order valence-corrected chi connectivity index (χ4v) is 4.61. The fourth-order valence-electron chi connectivity index (χ4n) is 4.09. The highest BCUT2D eigenvalue weighted by Gasteiger charge is 2.43. The number of ether oxygens (including phenoxy) is 1. The number of hydrogen-bond acceptors (Lipinski definition) is 7. The molecular formula is C26H45NO7S. The molecule has 1 rings (SSSR count). The largest absolute Gasteiger partial charge is 0.461 e. The van der Waals surface area contributed by atoms with Crippen molar-refractivity contribution in [3.8, 4) is 0 Å². The molecule has 0 saturated heterocycles. The molecule has 0 aliphatic heterocycles. The number of aliphatic hydroxyl groups excluding tert-OH is 2. The molecule has 0 aromatic heterocycles. The van der Waals surface area contributed by atoms with Gasteiger partial charge in [-0.3, -0.25) is 14.3 Å². The third kappa shape index (κ3) is 12.7. The van der Waals surface area contributed by atoms with E-state index in [-0.39, 0.29) is 24.2 Å². The molecule has 0 heterocycles. The highest BCUT2D eigenvalue weighted by Crippen LogP contribution is 2.39. The lowest BCUT2D eigenvalue weighted by molar-refractivity contribution is -0.160. The molecule has 1 unspecified atom stereocenters. The lowest BCUT2D eigenvalue weighted by atomic mass is 9.89. The van der Waals surface area contributed by atoms with Gasteiger partial charge in [0.05, 0.1) is 23.9 Å². The third-order valence-electron chi connectivity index (χ3n) is 6.07. The summed E-state index contributed by atoms with van der Waals surface area (Å²) in [5, 5.41) is 21.1. The first kappa shape index (κ1) is 31.3. The molecule has 5 atom stereocenters. The number of carbonyl (C=O) groups excluding carboxylic acids is 2. The molecule has 1 aliphatic rings. The Bertz CT molecular complexity index is 829. The van der Waals surface area contributed by atoms with Crippen molar-refractivity contribution in [3.63, 3.8) is 0 Å². The molecular weight excluding hydrogens is 470 g/mol. The van der Waals surface area contributed by atoms with Crippen LogP contribution in [-0.2, 0) is 24.3 Å². The minimum Gasteiger partial charge on any atom is -0.461 e. The summed E-state index contributed by atoms with van der Waals surface area (Å²) in [4.78, 5) is 24.1. The van der Waals surface area contributed by atoms with Crippen LogP contribution in [0.1, 0.15) is 85.5 Å². The molecule has 0 radical (unpaired) electrons. The lowest BCUT2D eigenvalue weighted by Gasteiger charge is -2.25. The second-order valence-corrected chi connectivity index (χ2v) is 12.3. The summed E-state index contributed by atoms with van der Waals surface area (Å²) in [6.45, 7) is 7.48. The molecule has 3 N–H and O–H groups in total. The average Bonchev–Trinajstić information content (AvgIpc) is 3.01. The lowest BCUT2D eigenvalue weighted by Crippen LogP contribution is -2.31. The SMILES string of the molecule is CCCCC[C@H](O)C=C[C@H]1[C@H](OC(=O)C(C)(C)C)CC(O)[C@@H]1CC=CCCCC(=O)NS(C)(=O)=O. The van der Waals surface area contributed by atoms with E-state index < -0.39 is 39.7 Å². The van der Waals surface area contributed by atoms with E-state index in [0.717, 1.165) is 25.5 Å². The third-order valence-corrected chi connectivity index (χ3v) is 6.67. The standard InChI is InChI=1S/C26H45NO7S/c1-6-7-10-13-19(28)16-17-21-20(22(29)18-23(21)34-25(31)26(2,3)4)14-11-8-9-12-15-24(30)27-35(5,32)33/h8,11,16-17,19-23,28-29H,6-7,9-10,12-15,18H2,1-5H3,(H,27,30)/t19-,20+,21+,22?,23+/m0/s1. The van der Waals surface area contributed by atoms with Crippen LogP contribution in [0.5, 0.6) is 0 Å². The minimum absolute atomic E-state index is 0.107. The number of carbonyl (C=O) groups is 2. The molecule has 1 saturated carbocycles. The highest BCUT2D eigenvalue weighted by atomic mass is 32.2. The highest BCUT2D eigenvalue weighted by molar-refractivity contribution is 7.89. The number of unbranched alkanes of at least 4 members (excludes halogenated alkanes) is 3.